The minimum Gasteiger partial charge on any atom is -0.320 e. The summed E-state index contributed by atoms with van der Waals surface area (Å²) in [6.07, 6.45) is 0. The first-order valence-electron chi connectivity index (χ1n) is 8.43. The van der Waals surface area contributed by atoms with Gasteiger partial charge in [-0.15, -0.1) is 0 Å². The fraction of sp³-hybridized carbons (Fsp3) is 0.211. The van der Waals surface area contributed by atoms with E-state index in [1.165, 1.54) is 33.3 Å². The van der Waals surface area contributed by atoms with Gasteiger partial charge in [0, 0.05) is 32.2 Å². The predicted molar refractivity (Wildman–Crippen MR) is 107 cm³/mol. The van der Waals surface area contributed by atoms with Gasteiger partial charge in [-0.1, -0.05) is 24.3 Å². The molecule has 0 bridgehead atoms. The minimum atomic E-state index is -3.64. The Kier molecular flexibility index (Phi) is 5.05. The molecule has 1 N–H and O–H groups in total. The summed E-state index contributed by atoms with van der Waals surface area (Å²) >= 11 is 0. The lowest BCUT2D eigenvalue weighted by Gasteiger charge is -2.15. The van der Waals surface area contributed by atoms with E-state index >= 15 is 0 Å². The molecule has 8 nitrogen and oxygen atoms in total. The van der Waals surface area contributed by atoms with Crippen LogP contribution in [0.25, 0.3) is 10.8 Å². The molecule has 0 aliphatic carbocycles. The number of carbonyl (C=O) groups excluding carboxylic acids is 1. The zero-order valence-electron chi connectivity index (χ0n) is 15.9. The number of carbonyl (C=O) groups is 1. The summed E-state index contributed by atoms with van der Waals surface area (Å²) in [4.78, 5) is 25.2. The Hall–Kier alpha value is -3.04. The van der Waals surface area contributed by atoms with Gasteiger partial charge in [0.25, 0.3) is 11.5 Å². The number of hydrogen-bond donors (Lipinski definition) is 1. The summed E-state index contributed by atoms with van der Waals surface area (Å²) < 4.78 is 27.0. The number of nitrogens with zero attached hydrogens (tertiary/aromatic N) is 3. The lowest BCUT2D eigenvalue weighted by Crippen LogP contribution is -2.26. The molecule has 9 heteroatoms. The first-order chi connectivity index (χ1) is 13.1. The fourth-order valence-corrected chi connectivity index (χ4v) is 3.68. The number of amides is 1. The second-order valence-electron chi connectivity index (χ2n) is 6.54. The van der Waals surface area contributed by atoms with Crippen molar-refractivity contribution in [1.29, 1.82) is 0 Å². The summed E-state index contributed by atoms with van der Waals surface area (Å²) in [6, 6.07) is 11.2. The predicted octanol–water partition coefficient (Wildman–Crippen LogP) is 1.74. The molecule has 0 saturated carbocycles. The van der Waals surface area contributed by atoms with E-state index in [9.17, 15) is 18.0 Å². The maximum absolute atomic E-state index is 12.9. The minimum absolute atomic E-state index is 0.0664. The van der Waals surface area contributed by atoms with Crippen molar-refractivity contribution >= 4 is 32.4 Å². The molecule has 1 aromatic heterocycles. The molecular formula is C19H20N4O4S. The quantitative estimate of drug-likeness (QED) is 0.719. The summed E-state index contributed by atoms with van der Waals surface area (Å²) in [6.45, 7) is 1.76. The Morgan fingerprint density at radius 1 is 1.11 bits per heavy atom. The molecule has 0 atom stereocenters. The van der Waals surface area contributed by atoms with Gasteiger partial charge in [-0.05, 0) is 30.7 Å². The number of rotatable bonds is 4. The van der Waals surface area contributed by atoms with Gasteiger partial charge in [0.1, 0.15) is 0 Å². The van der Waals surface area contributed by atoms with Crippen molar-refractivity contribution < 1.29 is 13.2 Å². The number of hydrogen-bond acceptors (Lipinski definition) is 5. The van der Waals surface area contributed by atoms with Gasteiger partial charge >= 0.3 is 0 Å². The molecular weight excluding hydrogens is 380 g/mol. The van der Waals surface area contributed by atoms with Crippen LogP contribution in [0, 0.1) is 6.92 Å². The van der Waals surface area contributed by atoms with E-state index in [0.29, 0.717) is 22.0 Å². The normalized spacial score (nSPS) is 11.8. The Bertz CT molecular complexity index is 1250. The van der Waals surface area contributed by atoms with E-state index in [1.54, 1.807) is 37.3 Å². The van der Waals surface area contributed by atoms with Crippen molar-refractivity contribution in [2.45, 2.75) is 11.8 Å². The summed E-state index contributed by atoms with van der Waals surface area (Å²) in [5, 5.41) is 7.62. The third-order valence-electron chi connectivity index (χ3n) is 4.41. The maximum atomic E-state index is 12.9. The average Bonchev–Trinajstić information content (AvgIpc) is 2.66. The van der Waals surface area contributed by atoms with Crippen LogP contribution in [0.1, 0.15) is 16.1 Å². The van der Waals surface area contributed by atoms with Crippen molar-refractivity contribution in [1.82, 2.24) is 14.1 Å². The summed E-state index contributed by atoms with van der Waals surface area (Å²) in [5.74, 6) is -0.533. The van der Waals surface area contributed by atoms with Crippen LogP contribution in [0.3, 0.4) is 0 Å². The zero-order chi connectivity index (χ0) is 20.6. The second kappa shape index (κ2) is 7.17. The van der Waals surface area contributed by atoms with Gasteiger partial charge in [0.15, 0.2) is 5.69 Å². The molecule has 0 fully saturated rings. The monoisotopic (exact) mass is 400 g/mol. The molecule has 0 aliphatic heterocycles. The fourth-order valence-electron chi connectivity index (χ4n) is 2.76. The standard InChI is InChI=1S/C19H20N4O4S/c1-12-9-10-13(28(26,27)22(2)3)11-16(12)20-18(24)17-14-7-5-6-8-15(14)19(25)23(4)21-17/h5-11H,1-4H3,(H,20,24). The Balaban J connectivity index is 2.07. The third kappa shape index (κ3) is 3.41. The van der Waals surface area contributed by atoms with Gasteiger partial charge in [-0.25, -0.2) is 17.4 Å². The van der Waals surface area contributed by atoms with Crippen molar-refractivity contribution in [3.8, 4) is 0 Å². The van der Waals surface area contributed by atoms with Crippen molar-refractivity contribution in [2.24, 2.45) is 7.05 Å². The lowest BCUT2D eigenvalue weighted by molar-refractivity contribution is 0.102. The van der Waals surface area contributed by atoms with Crippen LogP contribution in [-0.2, 0) is 17.1 Å². The molecule has 146 valence electrons. The van der Waals surface area contributed by atoms with Crippen LogP contribution < -0.4 is 10.9 Å². The maximum Gasteiger partial charge on any atom is 0.276 e. The highest BCUT2D eigenvalue weighted by Crippen LogP contribution is 2.23. The molecule has 1 heterocycles. The summed E-state index contributed by atoms with van der Waals surface area (Å²) in [7, 11) is 0.708. The van der Waals surface area contributed by atoms with Crippen LogP contribution in [0.5, 0.6) is 0 Å². The molecule has 0 radical (unpaired) electrons. The number of nitrogens with one attached hydrogen (secondary N) is 1. The molecule has 2 aromatic carbocycles. The molecule has 0 aliphatic rings. The molecule has 0 unspecified atom stereocenters. The van der Waals surface area contributed by atoms with Crippen LogP contribution in [0.4, 0.5) is 5.69 Å². The molecule has 3 rings (SSSR count). The summed E-state index contributed by atoms with van der Waals surface area (Å²) in [5.41, 5.74) is 0.827. The highest BCUT2D eigenvalue weighted by molar-refractivity contribution is 7.89. The van der Waals surface area contributed by atoms with Crippen LogP contribution in [0.2, 0.25) is 0 Å². The number of sulfonamides is 1. The van der Waals surface area contributed by atoms with E-state index in [4.69, 9.17) is 0 Å². The third-order valence-corrected chi connectivity index (χ3v) is 6.22. The zero-order valence-corrected chi connectivity index (χ0v) is 16.7. The lowest BCUT2D eigenvalue weighted by atomic mass is 10.1. The van der Waals surface area contributed by atoms with Crippen LogP contribution in [0.15, 0.2) is 52.2 Å². The number of anilines is 1. The Labute approximate surface area is 162 Å². The van der Waals surface area contributed by atoms with Gasteiger partial charge in [0.05, 0.1) is 10.3 Å². The smallest absolute Gasteiger partial charge is 0.276 e. The van der Waals surface area contributed by atoms with E-state index in [1.807, 2.05) is 0 Å². The van der Waals surface area contributed by atoms with E-state index in [0.717, 1.165) is 8.99 Å². The largest absolute Gasteiger partial charge is 0.320 e. The number of aryl methyl sites for hydroxylation is 2. The molecule has 3 aromatic rings. The average molecular weight is 400 g/mol. The van der Waals surface area contributed by atoms with Gasteiger partial charge in [-0.3, -0.25) is 9.59 Å². The second-order valence-corrected chi connectivity index (χ2v) is 8.69. The van der Waals surface area contributed by atoms with Crippen molar-refractivity contribution in [3.63, 3.8) is 0 Å². The highest BCUT2D eigenvalue weighted by Gasteiger charge is 2.20. The Morgan fingerprint density at radius 3 is 2.39 bits per heavy atom. The van der Waals surface area contributed by atoms with E-state index in [-0.39, 0.29) is 16.1 Å². The van der Waals surface area contributed by atoms with Crippen LogP contribution >= 0.6 is 0 Å². The van der Waals surface area contributed by atoms with Gasteiger partial charge in [0.2, 0.25) is 10.0 Å². The topological polar surface area (TPSA) is 101 Å². The molecule has 0 spiro atoms. The van der Waals surface area contributed by atoms with Gasteiger partial charge < -0.3 is 5.32 Å². The Morgan fingerprint density at radius 2 is 1.75 bits per heavy atom. The van der Waals surface area contributed by atoms with E-state index in [2.05, 4.69) is 10.4 Å². The number of aromatic nitrogens is 2. The van der Waals surface area contributed by atoms with Crippen LogP contribution in [-0.4, -0.2) is 42.5 Å². The van der Waals surface area contributed by atoms with Gasteiger partial charge in [-0.2, -0.15) is 5.10 Å². The number of fused-ring (bicyclic) bond motifs is 1. The highest BCUT2D eigenvalue weighted by atomic mass is 32.2. The van der Waals surface area contributed by atoms with E-state index < -0.39 is 15.9 Å². The first-order valence-corrected chi connectivity index (χ1v) is 9.87. The molecule has 0 saturated heterocycles. The first kappa shape index (κ1) is 19.7. The number of benzene rings is 2. The SMILES string of the molecule is Cc1ccc(S(=O)(=O)N(C)C)cc1NC(=O)c1nn(C)c(=O)c2ccccc12. The molecule has 1 amide bonds. The van der Waals surface area contributed by atoms with Crippen molar-refractivity contribution in [3.05, 3.63) is 64.1 Å². The van der Waals surface area contributed by atoms with Crippen molar-refractivity contribution in [2.75, 3.05) is 19.4 Å². The molecule has 28 heavy (non-hydrogen) atoms.